The SMILES string of the molecule is CCc1cc(Nc2cccc(C(C)=O)c2)c(C)nc1OC. The molecule has 4 nitrogen and oxygen atoms in total. The molecule has 21 heavy (non-hydrogen) atoms. The maximum Gasteiger partial charge on any atom is 0.216 e. The summed E-state index contributed by atoms with van der Waals surface area (Å²) >= 11 is 0. The molecular formula is C17H20N2O2. The molecular weight excluding hydrogens is 264 g/mol. The van der Waals surface area contributed by atoms with E-state index in [2.05, 4.69) is 17.2 Å². The summed E-state index contributed by atoms with van der Waals surface area (Å²) < 4.78 is 5.29. The third-order valence-corrected chi connectivity index (χ3v) is 3.37. The minimum atomic E-state index is 0.0532. The molecule has 0 aliphatic heterocycles. The number of hydrogen-bond donors (Lipinski definition) is 1. The number of aromatic nitrogens is 1. The first-order chi connectivity index (χ1) is 10.0. The lowest BCUT2D eigenvalue weighted by molar-refractivity contribution is 0.101. The van der Waals surface area contributed by atoms with E-state index in [0.717, 1.165) is 29.1 Å². The van der Waals surface area contributed by atoms with Gasteiger partial charge in [0.05, 0.1) is 18.5 Å². The van der Waals surface area contributed by atoms with Crippen LogP contribution in [0, 0.1) is 6.92 Å². The van der Waals surface area contributed by atoms with E-state index in [-0.39, 0.29) is 5.78 Å². The Kier molecular flexibility index (Phi) is 4.58. The largest absolute Gasteiger partial charge is 0.481 e. The van der Waals surface area contributed by atoms with Gasteiger partial charge in [0.2, 0.25) is 5.88 Å². The Labute approximate surface area is 125 Å². The minimum Gasteiger partial charge on any atom is -0.481 e. The number of nitrogens with one attached hydrogen (secondary N) is 1. The number of ketones is 1. The van der Waals surface area contributed by atoms with Gasteiger partial charge in [0.15, 0.2) is 5.78 Å². The number of pyridine rings is 1. The van der Waals surface area contributed by atoms with E-state index >= 15 is 0 Å². The second-order valence-corrected chi connectivity index (χ2v) is 4.91. The third-order valence-electron chi connectivity index (χ3n) is 3.37. The molecule has 2 aromatic rings. The van der Waals surface area contributed by atoms with Gasteiger partial charge in [-0.15, -0.1) is 0 Å². The second kappa shape index (κ2) is 6.39. The van der Waals surface area contributed by atoms with Crippen molar-refractivity contribution in [1.82, 2.24) is 4.98 Å². The average Bonchev–Trinajstić information content (AvgIpc) is 2.49. The van der Waals surface area contributed by atoms with Crippen LogP contribution < -0.4 is 10.1 Å². The Hall–Kier alpha value is -2.36. The molecule has 0 saturated carbocycles. The van der Waals surface area contributed by atoms with Gasteiger partial charge in [-0.2, -0.15) is 0 Å². The average molecular weight is 284 g/mol. The highest BCUT2D eigenvalue weighted by molar-refractivity contribution is 5.95. The first kappa shape index (κ1) is 15.0. The number of methoxy groups -OCH3 is 1. The van der Waals surface area contributed by atoms with Crippen LogP contribution in [0.1, 0.15) is 35.5 Å². The Balaban J connectivity index is 2.35. The number of carbonyl (C=O) groups excluding carboxylic acids is 1. The second-order valence-electron chi connectivity index (χ2n) is 4.91. The number of nitrogens with zero attached hydrogens (tertiary/aromatic N) is 1. The Morgan fingerprint density at radius 1 is 1.33 bits per heavy atom. The normalized spacial score (nSPS) is 10.3. The number of benzene rings is 1. The van der Waals surface area contributed by atoms with Gasteiger partial charge in [0, 0.05) is 16.8 Å². The van der Waals surface area contributed by atoms with Gasteiger partial charge in [-0.3, -0.25) is 4.79 Å². The Morgan fingerprint density at radius 2 is 2.10 bits per heavy atom. The molecule has 110 valence electrons. The number of hydrogen-bond acceptors (Lipinski definition) is 4. The summed E-state index contributed by atoms with van der Waals surface area (Å²) in [6.45, 7) is 5.56. The van der Waals surface area contributed by atoms with Crippen LogP contribution in [-0.2, 0) is 6.42 Å². The molecule has 0 radical (unpaired) electrons. The molecule has 2 rings (SSSR count). The topological polar surface area (TPSA) is 51.2 Å². The van der Waals surface area contributed by atoms with Gasteiger partial charge < -0.3 is 10.1 Å². The number of carbonyl (C=O) groups is 1. The Morgan fingerprint density at radius 3 is 2.71 bits per heavy atom. The van der Waals surface area contributed by atoms with Gasteiger partial charge in [-0.1, -0.05) is 19.1 Å². The van der Waals surface area contributed by atoms with Crippen molar-refractivity contribution in [2.24, 2.45) is 0 Å². The molecule has 0 fully saturated rings. The summed E-state index contributed by atoms with van der Waals surface area (Å²) in [5, 5.41) is 3.32. The van der Waals surface area contributed by atoms with Crippen molar-refractivity contribution >= 4 is 17.2 Å². The molecule has 0 aliphatic rings. The summed E-state index contributed by atoms with van der Waals surface area (Å²) in [4.78, 5) is 15.9. The van der Waals surface area contributed by atoms with Crippen molar-refractivity contribution in [2.45, 2.75) is 27.2 Å². The summed E-state index contributed by atoms with van der Waals surface area (Å²) in [7, 11) is 1.63. The van der Waals surface area contributed by atoms with E-state index in [4.69, 9.17) is 4.74 Å². The number of rotatable bonds is 5. The molecule has 0 bridgehead atoms. The van der Waals surface area contributed by atoms with Gasteiger partial charge in [0.1, 0.15) is 0 Å². The highest BCUT2D eigenvalue weighted by Crippen LogP contribution is 2.26. The number of aryl methyl sites for hydroxylation is 2. The zero-order valence-corrected chi connectivity index (χ0v) is 12.9. The van der Waals surface area contributed by atoms with Crippen LogP contribution in [0.5, 0.6) is 5.88 Å². The van der Waals surface area contributed by atoms with Gasteiger partial charge >= 0.3 is 0 Å². The van der Waals surface area contributed by atoms with Gasteiger partial charge in [-0.25, -0.2) is 4.98 Å². The van der Waals surface area contributed by atoms with Crippen LogP contribution in [0.4, 0.5) is 11.4 Å². The molecule has 0 atom stereocenters. The summed E-state index contributed by atoms with van der Waals surface area (Å²) in [6.07, 6.45) is 0.846. The molecule has 0 saturated heterocycles. The van der Waals surface area contributed by atoms with Gasteiger partial charge in [-0.05, 0) is 38.5 Å². The number of anilines is 2. The van der Waals surface area contributed by atoms with E-state index in [0.29, 0.717) is 11.4 Å². The van der Waals surface area contributed by atoms with Crippen molar-refractivity contribution in [2.75, 3.05) is 12.4 Å². The molecule has 1 N–H and O–H groups in total. The summed E-state index contributed by atoms with van der Waals surface area (Å²) in [5.41, 5.74) is 4.40. The number of ether oxygens (including phenoxy) is 1. The van der Waals surface area contributed by atoms with Crippen LogP contribution in [-0.4, -0.2) is 17.9 Å². The van der Waals surface area contributed by atoms with Crippen molar-refractivity contribution in [3.63, 3.8) is 0 Å². The first-order valence-electron chi connectivity index (χ1n) is 6.97. The maximum absolute atomic E-state index is 11.4. The van der Waals surface area contributed by atoms with Crippen LogP contribution >= 0.6 is 0 Å². The molecule has 0 unspecified atom stereocenters. The minimum absolute atomic E-state index is 0.0532. The van der Waals surface area contributed by atoms with Gasteiger partial charge in [0.25, 0.3) is 0 Å². The van der Waals surface area contributed by atoms with Crippen molar-refractivity contribution in [3.8, 4) is 5.88 Å². The molecule has 4 heteroatoms. The van der Waals surface area contributed by atoms with E-state index in [1.165, 1.54) is 0 Å². The quantitative estimate of drug-likeness (QED) is 0.846. The van der Waals surface area contributed by atoms with E-state index in [1.54, 1.807) is 14.0 Å². The van der Waals surface area contributed by atoms with E-state index in [9.17, 15) is 4.79 Å². The van der Waals surface area contributed by atoms with Crippen molar-refractivity contribution in [3.05, 3.63) is 47.2 Å². The van der Waals surface area contributed by atoms with Crippen LogP contribution in [0.2, 0.25) is 0 Å². The maximum atomic E-state index is 11.4. The standard InChI is InChI=1S/C17H20N2O2/c1-5-13-10-16(11(2)18-17(13)21-4)19-15-8-6-7-14(9-15)12(3)20/h6-10,19H,5H2,1-4H3. The van der Waals surface area contributed by atoms with Crippen molar-refractivity contribution < 1.29 is 9.53 Å². The smallest absolute Gasteiger partial charge is 0.216 e. The molecule has 0 spiro atoms. The van der Waals surface area contributed by atoms with E-state index in [1.807, 2.05) is 37.3 Å². The molecule has 0 aliphatic carbocycles. The number of Topliss-reactive ketones (excluding diaryl/α,β-unsaturated/α-hetero) is 1. The highest BCUT2D eigenvalue weighted by Gasteiger charge is 2.09. The van der Waals surface area contributed by atoms with Crippen LogP contribution in [0.25, 0.3) is 0 Å². The summed E-state index contributed by atoms with van der Waals surface area (Å²) in [5.74, 6) is 0.718. The highest BCUT2D eigenvalue weighted by atomic mass is 16.5. The van der Waals surface area contributed by atoms with Crippen LogP contribution in [0.15, 0.2) is 30.3 Å². The molecule has 1 heterocycles. The monoisotopic (exact) mass is 284 g/mol. The zero-order valence-electron chi connectivity index (χ0n) is 12.9. The van der Waals surface area contributed by atoms with E-state index < -0.39 is 0 Å². The molecule has 1 aromatic carbocycles. The first-order valence-corrected chi connectivity index (χ1v) is 6.97. The molecule has 0 amide bonds. The predicted octanol–water partition coefficient (Wildman–Crippen LogP) is 3.91. The van der Waals surface area contributed by atoms with Crippen LogP contribution in [0.3, 0.4) is 0 Å². The lowest BCUT2D eigenvalue weighted by Crippen LogP contribution is -2.02. The molecule has 1 aromatic heterocycles. The fourth-order valence-corrected chi connectivity index (χ4v) is 2.15. The lowest BCUT2D eigenvalue weighted by atomic mass is 10.1. The zero-order chi connectivity index (χ0) is 15.4. The fourth-order valence-electron chi connectivity index (χ4n) is 2.15. The Bertz CT molecular complexity index is 666. The predicted molar refractivity (Wildman–Crippen MR) is 84.6 cm³/mol. The fraction of sp³-hybridized carbons (Fsp3) is 0.294. The van der Waals surface area contributed by atoms with Crippen molar-refractivity contribution in [1.29, 1.82) is 0 Å². The third kappa shape index (κ3) is 3.40. The summed E-state index contributed by atoms with van der Waals surface area (Å²) in [6, 6.07) is 9.50. The lowest BCUT2D eigenvalue weighted by Gasteiger charge is -2.13.